The van der Waals surface area contributed by atoms with Crippen molar-refractivity contribution in [3.05, 3.63) is 89.7 Å². The first-order valence-electron chi connectivity index (χ1n) is 10.3. The summed E-state index contributed by atoms with van der Waals surface area (Å²) in [6.45, 7) is 2.76. The molecule has 2 aromatic carbocycles. The Balaban J connectivity index is 1.63. The van der Waals surface area contributed by atoms with E-state index in [-0.39, 0.29) is 11.7 Å². The third-order valence-corrected chi connectivity index (χ3v) is 4.73. The average Bonchev–Trinajstić information content (AvgIpc) is 2.80. The molecule has 0 aliphatic rings. The van der Waals surface area contributed by atoms with Crippen molar-refractivity contribution in [2.45, 2.75) is 32.6 Å². The van der Waals surface area contributed by atoms with Gasteiger partial charge >= 0.3 is 0 Å². The molecule has 30 heavy (non-hydrogen) atoms. The van der Waals surface area contributed by atoms with Gasteiger partial charge in [-0.25, -0.2) is 0 Å². The van der Waals surface area contributed by atoms with Crippen LogP contribution < -0.4 is 10.1 Å². The molecule has 5 heteroatoms. The van der Waals surface area contributed by atoms with Gasteiger partial charge in [-0.3, -0.25) is 14.6 Å². The normalized spacial score (nSPS) is 10.4. The summed E-state index contributed by atoms with van der Waals surface area (Å²) < 4.78 is 5.83. The zero-order valence-electron chi connectivity index (χ0n) is 17.1. The molecular formula is C25H26N2O3. The quantitative estimate of drug-likeness (QED) is 0.358. The van der Waals surface area contributed by atoms with Crippen LogP contribution in [0, 0.1) is 0 Å². The van der Waals surface area contributed by atoms with Crippen LogP contribution in [0.5, 0.6) is 5.75 Å². The van der Waals surface area contributed by atoms with Crippen molar-refractivity contribution >= 4 is 17.4 Å². The summed E-state index contributed by atoms with van der Waals surface area (Å²) in [6, 6.07) is 17.4. The van der Waals surface area contributed by atoms with E-state index in [0.29, 0.717) is 34.7 Å². The Morgan fingerprint density at radius 1 is 0.867 bits per heavy atom. The molecule has 0 fully saturated rings. The second-order valence-corrected chi connectivity index (χ2v) is 7.00. The molecule has 0 unspecified atom stereocenters. The molecule has 5 nitrogen and oxygen atoms in total. The standard InChI is InChI=1S/C25H26N2O3/c1-2-3-4-7-18-30-23-9-6-5-8-22(23)25(29)27-21-12-10-19(11-13-21)24(28)20-14-16-26-17-15-20/h5-6,8-17H,2-4,7,18H2,1H3,(H,27,29). The van der Waals surface area contributed by atoms with Crippen LogP contribution in [-0.4, -0.2) is 23.3 Å². The highest BCUT2D eigenvalue weighted by Gasteiger charge is 2.13. The van der Waals surface area contributed by atoms with Crippen molar-refractivity contribution in [2.24, 2.45) is 0 Å². The third kappa shape index (κ3) is 5.77. The van der Waals surface area contributed by atoms with Crippen LogP contribution in [0.2, 0.25) is 0 Å². The molecule has 0 saturated carbocycles. The van der Waals surface area contributed by atoms with Gasteiger partial charge in [0.1, 0.15) is 5.75 Å². The van der Waals surface area contributed by atoms with E-state index in [1.54, 1.807) is 54.9 Å². The van der Waals surface area contributed by atoms with E-state index in [1.807, 2.05) is 18.2 Å². The molecule has 154 valence electrons. The lowest BCUT2D eigenvalue weighted by atomic mass is 10.0. The monoisotopic (exact) mass is 402 g/mol. The molecular weight excluding hydrogens is 376 g/mol. The Morgan fingerprint density at radius 3 is 2.30 bits per heavy atom. The molecule has 0 aliphatic carbocycles. The number of unbranched alkanes of at least 4 members (excludes halogenated alkanes) is 3. The van der Waals surface area contributed by atoms with E-state index in [2.05, 4.69) is 17.2 Å². The first-order chi connectivity index (χ1) is 14.7. The predicted molar refractivity (Wildman–Crippen MR) is 118 cm³/mol. The Bertz CT molecular complexity index is 969. The summed E-state index contributed by atoms with van der Waals surface area (Å²) in [4.78, 5) is 29.2. The molecule has 0 bridgehead atoms. The van der Waals surface area contributed by atoms with Crippen LogP contribution in [-0.2, 0) is 0 Å². The molecule has 1 N–H and O–H groups in total. The van der Waals surface area contributed by atoms with Gasteiger partial charge in [-0.2, -0.15) is 0 Å². The fraction of sp³-hybridized carbons (Fsp3) is 0.240. The van der Waals surface area contributed by atoms with E-state index in [4.69, 9.17) is 4.74 Å². The summed E-state index contributed by atoms with van der Waals surface area (Å²) in [5, 5.41) is 2.88. The minimum atomic E-state index is -0.243. The smallest absolute Gasteiger partial charge is 0.259 e. The number of benzene rings is 2. The first kappa shape index (κ1) is 21.2. The van der Waals surface area contributed by atoms with Crippen molar-refractivity contribution in [1.29, 1.82) is 0 Å². The largest absolute Gasteiger partial charge is 0.493 e. The van der Waals surface area contributed by atoms with E-state index in [1.165, 1.54) is 12.8 Å². The predicted octanol–water partition coefficient (Wildman–Crippen LogP) is 5.52. The zero-order chi connectivity index (χ0) is 21.2. The summed E-state index contributed by atoms with van der Waals surface area (Å²) in [5.74, 6) is 0.250. The number of ether oxygens (including phenoxy) is 1. The summed E-state index contributed by atoms with van der Waals surface area (Å²) in [5.41, 5.74) is 2.23. The van der Waals surface area contributed by atoms with Crippen LogP contribution in [0.4, 0.5) is 5.69 Å². The Labute approximate surface area is 177 Å². The van der Waals surface area contributed by atoms with Gasteiger partial charge in [0.25, 0.3) is 5.91 Å². The summed E-state index contributed by atoms with van der Waals surface area (Å²) in [6.07, 6.45) is 7.62. The number of carbonyl (C=O) groups excluding carboxylic acids is 2. The number of rotatable bonds is 10. The highest BCUT2D eigenvalue weighted by molar-refractivity contribution is 6.09. The molecule has 1 amide bonds. The van der Waals surface area contributed by atoms with Gasteiger partial charge in [0.15, 0.2) is 5.78 Å². The Hall–Kier alpha value is -3.47. The van der Waals surface area contributed by atoms with Crippen molar-refractivity contribution in [2.75, 3.05) is 11.9 Å². The number of anilines is 1. The maximum atomic E-state index is 12.7. The molecule has 3 aromatic rings. The van der Waals surface area contributed by atoms with E-state index in [9.17, 15) is 9.59 Å². The number of aromatic nitrogens is 1. The second kappa shape index (κ2) is 10.9. The van der Waals surface area contributed by atoms with Crippen LogP contribution >= 0.6 is 0 Å². The van der Waals surface area contributed by atoms with Crippen LogP contribution in [0.3, 0.4) is 0 Å². The number of nitrogens with one attached hydrogen (secondary N) is 1. The number of pyridine rings is 1. The molecule has 0 atom stereocenters. The number of ketones is 1. The van der Waals surface area contributed by atoms with E-state index >= 15 is 0 Å². The highest BCUT2D eigenvalue weighted by Crippen LogP contribution is 2.21. The second-order valence-electron chi connectivity index (χ2n) is 7.00. The Morgan fingerprint density at radius 2 is 1.57 bits per heavy atom. The molecule has 3 rings (SSSR count). The van der Waals surface area contributed by atoms with E-state index in [0.717, 1.165) is 12.8 Å². The van der Waals surface area contributed by atoms with Gasteiger partial charge in [0.2, 0.25) is 0 Å². The highest BCUT2D eigenvalue weighted by atomic mass is 16.5. The lowest BCUT2D eigenvalue weighted by molar-refractivity contribution is 0.102. The maximum Gasteiger partial charge on any atom is 0.259 e. The number of carbonyl (C=O) groups is 2. The van der Waals surface area contributed by atoms with Crippen molar-refractivity contribution < 1.29 is 14.3 Å². The molecule has 0 aliphatic heterocycles. The van der Waals surface area contributed by atoms with Gasteiger partial charge in [0.05, 0.1) is 12.2 Å². The Kier molecular flexibility index (Phi) is 7.72. The third-order valence-electron chi connectivity index (χ3n) is 4.73. The van der Waals surface area contributed by atoms with Crippen LogP contribution in [0.25, 0.3) is 0 Å². The number of hydrogen-bond acceptors (Lipinski definition) is 4. The SMILES string of the molecule is CCCCCCOc1ccccc1C(=O)Nc1ccc(C(=O)c2ccncc2)cc1. The average molecular weight is 402 g/mol. The van der Waals surface area contributed by atoms with Gasteiger partial charge < -0.3 is 10.1 Å². The van der Waals surface area contributed by atoms with Crippen molar-refractivity contribution in [1.82, 2.24) is 4.98 Å². The number of amides is 1. The molecule has 0 radical (unpaired) electrons. The summed E-state index contributed by atoms with van der Waals surface area (Å²) >= 11 is 0. The lowest BCUT2D eigenvalue weighted by Crippen LogP contribution is -2.14. The molecule has 0 saturated heterocycles. The molecule has 1 aromatic heterocycles. The maximum absolute atomic E-state index is 12.7. The van der Waals surface area contributed by atoms with Gasteiger partial charge in [-0.05, 0) is 55.0 Å². The van der Waals surface area contributed by atoms with Crippen molar-refractivity contribution in [3.63, 3.8) is 0 Å². The topological polar surface area (TPSA) is 68.3 Å². The van der Waals surface area contributed by atoms with Crippen LogP contribution in [0.15, 0.2) is 73.1 Å². The molecule has 0 spiro atoms. The fourth-order valence-corrected chi connectivity index (χ4v) is 3.06. The zero-order valence-corrected chi connectivity index (χ0v) is 17.1. The van der Waals surface area contributed by atoms with Gasteiger partial charge in [-0.15, -0.1) is 0 Å². The molecule has 1 heterocycles. The number of para-hydroxylation sites is 1. The fourth-order valence-electron chi connectivity index (χ4n) is 3.06. The minimum Gasteiger partial charge on any atom is -0.493 e. The van der Waals surface area contributed by atoms with Crippen LogP contribution in [0.1, 0.15) is 58.9 Å². The lowest BCUT2D eigenvalue weighted by Gasteiger charge is -2.12. The minimum absolute atomic E-state index is 0.0860. The van der Waals surface area contributed by atoms with Gasteiger partial charge in [0, 0.05) is 29.2 Å². The van der Waals surface area contributed by atoms with E-state index < -0.39 is 0 Å². The van der Waals surface area contributed by atoms with Crippen molar-refractivity contribution in [3.8, 4) is 5.75 Å². The van der Waals surface area contributed by atoms with Gasteiger partial charge in [-0.1, -0.05) is 38.3 Å². The summed E-state index contributed by atoms with van der Waals surface area (Å²) in [7, 11) is 0. The first-order valence-corrected chi connectivity index (χ1v) is 10.3. The number of nitrogens with zero attached hydrogens (tertiary/aromatic N) is 1. The number of hydrogen-bond donors (Lipinski definition) is 1.